The molecule has 9 heteroatoms. The maximum absolute atomic E-state index is 11.3. The summed E-state index contributed by atoms with van der Waals surface area (Å²) in [4.78, 5) is 0. The van der Waals surface area contributed by atoms with Crippen molar-refractivity contribution in [3.05, 3.63) is 83.4 Å². The predicted molar refractivity (Wildman–Crippen MR) is 150 cm³/mol. The molecule has 8 nitrogen and oxygen atoms in total. The SMILES string of the molecule is COCOc1cc(-c2ccc(OCc3cccc(-c4c(C)cc(OCCCS(C)(=O)=O)cc4C)c3)cc2)on1. The Bertz CT molecular complexity index is 1470. The average Bonchev–Trinajstić information content (AvgIpc) is 3.37. The molecule has 0 saturated heterocycles. The first-order chi connectivity index (χ1) is 18.7. The Balaban J connectivity index is 1.38. The van der Waals surface area contributed by atoms with Gasteiger partial charge < -0.3 is 23.5 Å². The summed E-state index contributed by atoms with van der Waals surface area (Å²) >= 11 is 0. The summed E-state index contributed by atoms with van der Waals surface area (Å²) in [6.07, 6.45) is 1.70. The number of methoxy groups -OCH3 is 1. The van der Waals surface area contributed by atoms with Crippen molar-refractivity contribution in [1.29, 1.82) is 0 Å². The maximum atomic E-state index is 11.3. The fourth-order valence-electron chi connectivity index (χ4n) is 4.25. The molecule has 0 bridgehead atoms. The van der Waals surface area contributed by atoms with Crippen LogP contribution < -0.4 is 14.2 Å². The van der Waals surface area contributed by atoms with Gasteiger partial charge in [0, 0.05) is 25.0 Å². The van der Waals surface area contributed by atoms with Crippen LogP contribution in [0, 0.1) is 13.8 Å². The zero-order chi connectivity index (χ0) is 27.8. The van der Waals surface area contributed by atoms with E-state index in [1.165, 1.54) is 6.26 Å². The highest BCUT2D eigenvalue weighted by Gasteiger charge is 2.11. The second-order valence-electron chi connectivity index (χ2n) is 9.36. The third-order valence-corrected chi connectivity index (χ3v) is 7.04. The van der Waals surface area contributed by atoms with E-state index in [-0.39, 0.29) is 12.5 Å². The van der Waals surface area contributed by atoms with Gasteiger partial charge in [-0.25, -0.2) is 8.42 Å². The van der Waals surface area contributed by atoms with Crippen molar-refractivity contribution in [2.24, 2.45) is 0 Å². The van der Waals surface area contributed by atoms with Crippen LogP contribution >= 0.6 is 0 Å². The van der Waals surface area contributed by atoms with Crippen LogP contribution in [0.1, 0.15) is 23.1 Å². The second-order valence-corrected chi connectivity index (χ2v) is 11.6. The number of rotatable bonds is 13. The van der Waals surface area contributed by atoms with Crippen LogP contribution in [0.2, 0.25) is 0 Å². The molecule has 0 atom stereocenters. The standard InChI is InChI=1S/C30H33NO7S/c1-21-15-27(35-13-6-14-39(4,32)33)16-22(2)30(21)25-8-5-7-23(17-25)19-36-26-11-9-24(10-12-26)28-18-29(31-38-28)37-20-34-3/h5,7-12,15-18H,6,13-14,19-20H2,1-4H3. The number of hydrogen-bond donors (Lipinski definition) is 0. The molecule has 1 heterocycles. The lowest BCUT2D eigenvalue weighted by Crippen LogP contribution is -2.08. The Morgan fingerprint density at radius 2 is 1.59 bits per heavy atom. The largest absolute Gasteiger partial charge is 0.494 e. The summed E-state index contributed by atoms with van der Waals surface area (Å²) in [6, 6.07) is 21.6. The molecule has 206 valence electrons. The van der Waals surface area contributed by atoms with E-state index in [2.05, 4.69) is 31.1 Å². The molecule has 0 N–H and O–H groups in total. The summed E-state index contributed by atoms with van der Waals surface area (Å²) in [5.41, 5.74) is 6.33. The number of benzene rings is 3. The molecule has 0 radical (unpaired) electrons. The van der Waals surface area contributed by atoms with E-state index in [0.29, 0.717) is 31.3 Å². The zero-order valence-corrected chi connectivity index (χ0v) is 23.4. The van der Waals surface area contributed by atoms with Gasteiger partial charge in [-0.05, 0) is 95.7 Å². The van der Waals surface area contributed by atoms with Gasteiger partial charge in [0.2, 0.25) is 0 Å². The summed E-state index contributed by atoms with van der Waals surface area (Å²) in [6.45, 7) is 4.99. The second kappa shape index (κ2) is 12.8. The molecule has 0 fully saturated rings. The van der Waals surface area contributed by atoms with Gasteiger partial charge in [-0.1, -0.05) is 18.2 Å². The molecule has 4 rings (SSSR count). The van der Waals surface area contributed by atoms with Gasteiger partial charge >= 0.3 is 0 Å². The van der Waals surface area contributed by atoms with E-state index >= 15 is 0 Å². The van der Waals surface area contributed by atoms with Gasteiger partial charge in [-0.15, -0.1) is 0 Å². The van der Waals surface area contributed by atoms with Crippen LogP contribution in [0.3, 0.4) is 0 Å². The maximum Gasteiger partial charge on any atom is 0.256 e. The lowest BCUT2D eigenvalue weighted by molar-refractivity contribution is 0.0453. The van der Waals surface area contributed by atoms with Crippen molar-refractivity contribution in [2.75, 3.05) is 32.5 Å². The van der Waals surface area contributed by atoms with Crippen LogP contribution in [0.4, 0.5) is 0 Å². The first-order valence-corrected chi connectivity index (χ1v) is 14.6. The minimum absolute atomic E-state index is 0.105. The minimum Gasteiger partial charge on any atom is -0.494 e. The number of hydrogen-bond acceptors (Lipinski definition) is 8. The van der Waals surface area contributed by atoms with Crippen LogP contribution in [0.5, 0.6) is 17.4 Å². The van der Waals surface area contributed by atoms with Gasteiger partial charge in [0.1, 0.15) is 27.9 Å². The molecule has 4 aromatic rings. The average molecular weight is 552 g/mol. The Morgan fingerprint density at radius 1 is 0.846 bits per heavy atom. The molecular weight excluding hydrogens is 518 g/mol. The fraction of sp³-hybridized carbons (Fsp3) is 0.300. The molecule has 0 saturated carbocycles. The highest BCUT2D eigenvalue weighted by Crippen LogP contribution is 2.32. The summed E-state index contributed by atoms with van der Waals surface area (Å²) < 4.78 is 50.0. The lowest BCUT2D eigenvalue weighted by Gasteiger charge is -2.15. The topological polar surface area (TPSA) is 97.1 Å². The van der Waals surface area contributed by atoms with Gasteiger partial charge in [-0.2, -0.15) is 0 Å². The van der Waals surface area contributed by atoms with Crippen molar-refractivity contribution in [3.8, 4) is 39.8 Å². The van der Waals surface area contributed by atoms with Crippen LogP contribution in [0.15, 0.2) is 71.3 Å². The first-order valence-electron chi connectivity index (χ1n) is 12.5. The molecule has 0 aliphatic carbocycles. The quantitative estimate of drug-likeness (QED) is 0.147. The number of aryl methyl sites for hydroxylation is 2. The first kappa shape index (κ1) is 28.2. The Kier molecular flexibility index (Phi) is 9.27. The normalized spacial score (nSPS) is 11.4. The van der Waals surface area contributed by atoms with Crippen molar-refractivity contribution in [2.45, 2.75) is 26.9 Å². The van der Waals surface area contributed by atoms with E-state index in [9.17, 15) is 8.42 Å². The molecule has 3 aromatic carbocycles. The van der Waals surface area contributed by atoms with Crippen molar-refractivity contribution >= 4 is 9.84 Å². The van der Waals surface area contributed by atoms with Crippen molar-refractivity contribution < 1.29 is 31.9 Å². The lowest BCUT2D eigenvalue weighted by atomic mass is 9.94. The van der Waals surface area contributed by atoms with Gasteiger partial charge in [0.15, 0.2) is 12.6 Å². The number of nitrogens with zero attached hydrogens (tertiary/aromatic N) is 1. The van der Waals surface area contributed by atoms with Crippen LogP contribution in [-0.4, -0.2) is 46.1 Å². The molecular formula is C30H33NO7S. The van der Waals surface area contributed by atoms with Gasteiger partial charge in [0.25, 0.3) is 5.88 Å². The molecule has 0 amide bonds. The molecule has 0 spiro atoms. The molecule has 0 aliphatic rings. The highest BCUT2D eigenvalue weighted by atomic mass is 32.2. The summed E-state index contributed by atoms with van der Waals surface area (Å²) in [5, 5.41) is 3.87. The fourth-order valence-corrected chi connectivity index (χ4v) is 4.90. The molecule has 1 aromatic heterocycles. The van der Waals surface area contributed by atoms with E-state index in [4.69, 9.17) is 23.5 Å². The van der Waals surface area contributed by atoms with E-state index in [0.717, 1.165) is 44.9 Å². The Hall–Kier alpha value is -3.82. The summed E-state index contributed by atoms with van der Waals surface area (Å²) in [7, 11) is -1.44. The molecule has 0 unspecified atom stereocenters. The zero-order valence-electron chi connectivity index (χ0n) is 22.6. The highest BCUT2D eigenvalue weighted by molar-refractivity contribution is 7.90. The number of sulfone groups is 1. The van der Waals surface area contributed by atoms with E-state index < -0.39 is 9.84 Å². The van der Waals surface area contributed by atoms with E-state index in [1.54, 1.807) is 13.2 Å². The third kappa shape index (κ3) is 8.08. The molecule has 39 heavy (non-hydrogen) atoms. The smallest absolute Gasteiger partial charge is 0.256 e. The van der Waals surface area contributed by atoms with E-state index in [1.807, 2.05) is 48.5 Å². The Labute approximate surface area is 229 Å². The van der Waals surface area contributed by atoms with Crippen LogP contribution in [-0.2, 0) is 21.2 Å². The predicted octanol–water partition coefficient (Wildman–Crippen LogP) is 6.00. The molecule has 0 aliphatic heterocycles. The Morgan fingerprint density at radius 3 is 2.28 bits per heavy atom. The monoisotopic (exact) mass is 551 g/mol. The van der Waals surface area contributed by atoms with Gasteiger partial charge in [0.05, 0.1) is 12.4 Å². The number of aromatic nitrogens is 1. The number of ether oxygens (including phenoxy) is 4. The van der Waals surface area contributed by atoms with Crippen LogP contribution in [0.25, 0.3) is 22.5 Å². The van der Waals surface area contributed by atoms with Crippen molar-refractivity contribution in [1.82, 2.24) is 5.16 Å². The van der Waals surface area contributed by atoms with Crippen molar-refractivity contribution in [3.63, 3.8) is 0 Å². The van der Waals surface area contributed by atoms with Gasteiger partial charge in [-0.3, -0.25) is 0 Å². The minimum atomic E-state index is -2.98. The third-order valence-electron chi connectivity index (χ3n) is 6.01. The summed E-state index contributed by atoms with van der Waals surface area (Å²) in [5.74, 6) is 2.56.